The van der Waals surface area contributed by atoms with E-state index in [9.17, 15) is 4.79 Å². The zero-order valence-electron chi connectivity index (χ0n) is 7.28. The van der Waals surface area contributed by atoms with Crippen LogP contribution in [0.1, 0.15) is 6.42 Å². The highest BCUT2D eigenvalue weighted by Gasteiger charge is 2.28. The zero-order valence-corrected chi connectivity index (χ0v) is 10.5. The van der Waals surface area contributed by atoms with Crippen molar-refractivity contribution < 1.29 is 4.79 Å². The molecule has 0 N–H and O–H groups in total. The minimum Gasteiger partial charge on any atom is -0.310 e. The number of rotatable bonds is 1. The monoisotopic (exact) mass is 318 g/mol. The molecule has 74 valence electrons. The van der Waals surface area contributed by atoms with Gasteiger partial charge in [-0.15, -0.1) is 0 Å². The van der Waals surface area contributed by atoms with E-state index in [2.05, 4.69) is 36.8 Å². The minimum atomic E-state index is 0.145. The number of anilines is 1. The van der Waals surface area contributed by atoms with Gasteiger partial charge in [0, 0.05) is 28.5 Å². The van der Waals surface area contributed by atoms with Gasteiger partial charge < -0.3 is 4.90 Å². The van der Waals surface area contributed by atoms with Crippen molar-refractivity contribution in [3.63, 3.8) is 0 Å². The lowest BCUT2D eigenvalue weighted by atomic mass is 10.4. The summed E-state index contributed by atoms with van der Waals surface area (Å²) in [6.45, 7) is 0.719. The van der Waals surface area contributed by atoms with Crippen molar-refractivity contribution in [1.29, 1.82) is 0 Å². The van der Waals surface area contributed by atoms with Crippen molar-refractivity contribution in [2.75, 3.05) is 11.4 Å². The zero-order chi connectivity index (χ0) is 10.1. The summed E-state index contributed by atoms with van der Waals surface area (Å²) in [5, 5.41) is 0. The number of carbonyl (C=O) groups excluding carboxylic acids is 1. The number of carbonyl (C=O) groups is 1. The van der Waals surface area contributed by atoms with Crippen LogP contribution in [-0.2, 0) is 4.79 Å². The van der Waals surface area contributed by atoms with Gasteiger partial charge in [-0.05, 0) is 22.0 Å². The number of aromatic nitrogens is 1. The lowest BCUT2D eigenvalue weighted by molar-refractivity contribution is -0.117. The second kappa shape index (κ2) is 3.98. The quantitative estimate of drug-likeness (QED) is 0.744. The van der Waals surface area contributed by atoms with E-state index < -0.39 is 0 Å². The van der Waals surface area contributed by atoms with Gasteiger partial charge in [-0.25, -0.2) is 0 Å². The largest absolute Gasteiger partial charge is 0.310 e. The summed E-state index contributed by atoms with van der Waals surface area (Å²) in [6.07, 6.45) is 3.97. The van der Waals surface area contributed by atoms with Gasteiger partial charge in [0.2, 0.25) is 5.91 Å². The van der Waals surface area contributed by atoms with Crippen LogP contribution in [0.4, 0.5) is 5.69 Å². The number of hydrogen-bond acceptors (Lipinski definition) is 2. The maximum Gasteiger partial charge on any atom is 0.228 e. The number of hydrogen-bond donors (Lipinski definition) is 0. The lowest BCUT2D eigenvalue weighted by Gasteiger charge is -2.15. The van der Waals surface area contributed by atoms with Gasteiger partial charge >= 0.3 is 0 Å². The number of alkyl halides is 1. The highest BCUT2D eigenvalue weighted by Crippen LogP contribution is 2.26. The fourth-order valence-corrected chi connectivity index (χ4v) is 2.38. The van der Waals surface area contributed by atoms with E-state index in [0.29, 0.717) is 6.42 Å². The Morgan fingerprint density at radius 2 is 2.29 bits per heavy atom. The molecule has 3 nitrogen and oxygen atoms in total. The van der Waals surface area contributed by atoms with Crippen molar-refractivity contribution >= 4 is 43.5 Å². The van der Waals surface area contributed by atoms with Crippen LogP contribution in [0.2, 0.25) is 0 Å². The number of halogens is 2. The van der Waals surface area contributed by atoms with Crippen LogP contribution in [-0.4, -0.2) is 22.3 Å². The molecule has 1 aliphatic rings. The lowest BCUT2D eigenvalue weighted by Crippen LogP contribution is -2.24. The highest BCUT2D eigenvalue weighted by molar-refractivity contribution is 9.10. The molecule has 1 aromatic heterocycles. The number of nitrogens with zero attached hydrogens (tertiary/aromatic N) is 2. The van der Waals surface area contributed by atoms with E-state index in [1.807, 2.05) is 6.07 Å². The fourth-order valence-electron chi connectivity index (χ4n) is 1.46. The molecule has 1 fully saturated rings. The Hall–Kier alpha value is -0.420. The molecule has 1 amide bonds. The van der Waals surface area contributed by atoms with Crippen LogP contribution < -0.4 is 4.90 Å². The average molecular weight is 320 g/mol. The van der Waals surface area contributed by atoms with Crippen molar-refractivity contribution in [1.82, 2.24) is 4.98 Å². The van der Waals surface area contributed by atoms with E-state index in [1.54, 1.807) is 17.3 Å². The van der Waals surface area contributed by atoms with Crippen molar-refractivity contribution in [3.8, 4) is 0 Å². The molecule has 2 heterocycles. The van der Waals surface area contributed by atoms with Gasteiger partial charge in [0.05, 0.1) is 11.9 Å². The molecule has 0 aromatic carbocycles. The van der Waals surface area contributed by atoms with Crippen molar-refractivity contribution in [2.45, 2.75) is 11.2 Å². The standard InChI is InChI=1S/C9H8Br2N2O/c10-6-1-8(4-12-3-6)13-5-7(11)2-9(13)14/h1,3-4,7H,2,5H2. The van der Waals surface area contributed by atoms with Crippen LogP contribution in [0.25, 0.3) is 0 Å². The molecule has 1 unspecified atom stereocenters. The topological polar surface area (TPSA) is 33.2 Å². The minimum absolute atomic E-state index is 0.145. The van der Waals surface area contributed by atoms with Crippen molar-refractivity contribution in [3.05, 3.63) is 22.9 Å². The molecule has 1 atom stereocenters. The molecule has 0 saturated carbocycles. The average Bonchev–Trinajstić information content (AvgIpc) is 2.45. The second-order valence-electron chi connectivity index (χ2n) is 3.17. The van der Waals surface area contributed by atoms with Gasteiger partial charge in [0.25, 0.3) is 0 Å². The Labute approximate surface area is 98.8 Å². The van der Waals surface area contributed by atoms with E-state index in [-0.39, 0.29) is 10.7 Å². The van der Waals surface area contributed by atoms with Crippen LogP contribution in [0, 0.1) is 0 Å². The Morgan fingerprint density at radius 3 is 2.86 bits per heavy atom. The third-order valence-corrected chi connectivity index (χ3v) is 3.13. The fraction of sp³-hybridized carbons (Fsp3) is 0.333. The molecule has 1 aromatic rings. The van der Waals surface area contributed by atoms with E-state index in [0.717, 1.165) is 16.7 Å². The van der Waals surface area contributed by atoms with E-state index in [4.69, 9.17) is 0 Å². The predicted octanol–water partition coefficient (Wildman–Crippen LogP) is 2.34. The maximum atomic E-state index is 11.5. The molecule has 1 aliphatic heterocycles. The van der Waals surface area contributed by atoms with Gasteiger partial charge in [0.15, 0.2) is 0 Å². The van der Waals surface area contributed by atoms with Gasteiger partial charge in [-0.3, -0.25) is 9.78 Å². The third-order valence-electron chi connectivity index (χ3n) is 2.08. The first-order chi connectivity index (χ1) is 6.66. The molecule has 1 saturated heterocycles. The molecule has 14 heavy (non-hydrogen) atoms. The third kappa shape index (κ3) is 1.98. The predicted molar refractivity (Wildman–Crippen MR) is 61.6 cm³/mol. The Morgan fingerprint density at radius 1 is 1.50 bits per heavy atom. The van der Waals surface area contributed by atoms with Crippen LogP contribution >= 0.6 is 31.9 Å². The first-order valence-electron chi connectivity index (χ1n) is 4.22. The second-order valence-corrected chi connectivity index (χ2v) is 5.38. The Balaban J connectivity index is 2.27. The number of pyridine rings is 1. The SMILES string of the molecule is O=C1CC(Br)CN1c1cncc(Br)c1. The summed E-state index contributed by atoms with van der Waals surface area (Å²) in [5.41, 5.74) is 0.853. The molecule has 0 aliphatic carbocycles. The Kier molecular flexibility index (Phi) is 2.88. The molecule has 0 bridgehead atoms. The van der Waals surface area contributed by atoms with Crippen LogP contribution in [0.5, 0.6) is 0 Å². The smallest absolute Gasteiger partial charge is 0.228 e. The molecule has 2 rings (SSSR count). The normalized spacial score (nSPS) is 21.7. The summed E-state index contributed by atoms with van der Waals surface area (Å²) in [7, 11) is 0. The molecule has 5 heteroatoms. The van der Waals surface area contributed by atoms with Gasteiger partial charge in [0.1, 0.15) is 0 Å². The molecule has 0 radical (unpaired) electrons. The first-order valence-corrected chi connectivity index (χ1v) is 5.92. The van der Waals surface area contributed by atoms with E-state index in [1.165, 1.54) is 0 Å². The highest BCUT2D eigenvalue weighted by atomic mass is 79.9. The van der Waals surface area contributed by atoms with E-state index >= 15 is 0 Å². The maximum absolute atomic E-state index is 11.5. The van der Waals surface area contributed by atoms with Crippen LogP contribution in [0.3, 0.4) is 0 Å². The van der Waals surface area contributed by atoms with Crippen molar-refractivity contribution in [2.24, 2.45) is 0 Å². The first kappa shape index (κ1) is 10.1. The summed E-state index contributed by atoms with van der Waals surface area (Å²) in [6, 6.07) is 1.90. The summed E-state index contributed by atoms with van der Waals surface area (Å²) in [4.78, 5) is 17.6. The summed E-state index contributed by atoms with van der Waals surface area (Å²) >= 11 is 6.77. The van der Waals surface area contributed by atoms with Crippen LogP contribution in [0.15, 0.2) is 22.9 Å². The number of amides is 1. The molecule has 0 spiro atoms. The molecular formula is C9H8Br2N2O. The molecular weight excluding hydrogens is 312 g/mol. The summed E-state index contributed by atoms with van der Waals surface area (Å²) < 4.78 is 0.890. The summed E-state index contributed by atoms with van der Waals surface area (Å²) in [5.74, 6) is 0.145. The van der Waals surface area contributed by atoms with Gasteiger partial charge in [-0.1, -0.05) is 15.9 Å². The van der Waals surface area contributed by atoms with Gasteiger partial charge in [-0.2, -0.15) is 0 Å². The Bertz CT molecular complexity index is 370.